The van der Waals surface area contributed by atoms with Crippen LogP contribution < -0.4 is 0 Å². The van der Waals surface area contributed by atoms with Crippen LogP contribution in [0.15, 0.2) is 97.2 Å². The van der Waals surface area contributed by atoms with Crippen LogP contribution in [-0.2, 0) is 0 Å². The Labute approximate surface area is 126 Å². The van der Waals surface area contributed by atoms with Crippen LogP contribution in [-0.4, -0.2) is 0 Å². The molecule has 0 radical (unpaired) electrons. The lowest BCUT2D eigenvalue weighted by molar-refractivity contribution is 0.108. The quantitative estimate of drug-likeness (QED) is 0.680. The van der Waals surface area contributed by atoms with E-state index in [-0.39, 0.29) is 5.41 Å². The number of allylic oxidation sites excluding steroid dienone is 16. The van der Waals surface area contributed by atoms with E-state index in [1.807, 2.05) is 0 Å². The van der Waals surface area contributed by atoms with E-state index in [1.54, 1.807) is 0 Å². The molecule has 0 atom stereocenters. The van der Waals surface area contributed by atoms with Crippen molar-refractivity contribution in [2.45, 2.75) is 0 Å². The number of hydrogen-bond donors (Lipinski definition) is 0. The van der Waals surface area contributed by atoms with E-state index in [4.69, 9.17) is 0 Å². The lowest BCUT2D eigenvalue weighted by Crippen LogP contribution is -2.45. The topological polar surface area (TPSA) is 0 Å². The molecule has 0 unspecified atom stereocenters. The molecule has 0 fully saturated rings. The van der Waals surface area contributed by atoms with E-state index in [0.717, 1.165) is 0 Å². The highest BCUT2D eigenvalue weighted by atomic mass is 14.5. The van der Waals surface area contributed by atoms with E-state index in [2.05, 4.69) is 97.2 Å². The van der Waals surface area contributed by atoms with Crippen molar-refractivity contribution in [2.75, 3.05) is 0 Å². The second-order valence-corrected chi connectivity index (χ2v) is 6.18. The highest BCUT2D eigenvalue weighted by molar-refractivity contribution is 5.39. The SMILES string of the molecule is C1=CC(C(C2C=CC=C2)(C2C=CC=C2)C2C=CC=C2)C=C1. The molecule has 21 heavy (non-hydrogen) atoms. The Morgan fingerprint density at radius 2 is 0.524 bits per heavy atom. The average Bonchev–Trinajstić information content (AvgIpc) is 3.32. The van der Waals surface area contributed by atoms with Crippen molar-refractivity contribution in [1.29, 1.82) is 0 Å². The van der Waals surface area contributed by atoms with E-state index in [9.17, 15) is 0 Å². The van der Waals surface area contributed by atoms with Crippen molar-refractivity contribution in [3.8, 4) is 0 Å². The minimum atomic E-state index is 0.125. The van der Waals surface area contributed by atoms with Gasteiger partial charge in [-0.2, -0.15) is 0 Å². The highest BCUT2D eigenvalue weighted by Crippen LogP contribution is 2.56. The molecule has 0 heteroatoms. The molecular formula is C21H20. The first-order chi connectivity index (χ1) is 10.4. The molecule has 0 bridgehead atoms. The largest absolute Gasteiger partial charge is 0.0770 e. The molecule has 0 heterocycles. The van der Waals surface area contributed by atoms with Crippen LogP contribution in [0.1, 0.15) is 0 Å². The van der Waals surface area contributed by atoms with Crippen molar-refractivity contribution in [2.24, 2.45) is 29.1 Å². The molecule has 0 aromatic rings. The van der Waals surface area contributed by atoms with Crippen LogP contribution in [0.5, 0.6) is 0 Å². The third-order valence-corrected chi connectivity index (χ3v) is 5.30. The molecule has 104 valence electrons. The maximum absolute atomic E-state index is 2.38. The first kappa shape index (κ1) is 12.6. The van der Waals surface area contributed by atoms with Crippen LogP contribution in [0.4, 0.5) is 0 Å². The fraction of sp³-hybridized carbons (Fsp3) is 0.238. The van der Waals surface area contributed by atoms with Crippen molar-refractivity contribution in [3.63, 3.8) is 0 Å². The molecule has 0 spiro atoms. The minimum absolute atomic E-state index is 0.125. The summed E-state index contributed by atoms with van der Waals surface area (Å²) in [5.41, 5.74) is 0.125. The van der Waals surface area contributed by atoms with E-state index < -0.39 is 0 Å². The summed E-state index contributed by atoms with van der Waals surface area (Å²) in [5.74, 6) is 1.85. The molecule has 0 nitrogen and oxygen atoms in total. The van der Waals surface area contributed by atoms with Gasteiger partial charge in [-0.25, -0.2) is 0 Å². The number of rotatable bonds is 4. The summed E-state index contributed by atoms with van der Waals surface area (Å²) in [6.45, 7) is 0. The summed E-state index contributed by atoms with van der Waals surface area (Å²) in [5, 5.41) is 0. The van der Waals surface area contributed by atoms with E-state index in [0.29, 0.717) is 23.7 Å². The molecule has 0 amide bonds. The van der Waals surface area contributed by atoms with Gasteiger partial charge < -0.3 is 0 Å². The summed E-state index contributed by atoms with van der Waals surface area (Å²) in [4.78, 5) is 0. The smallest absolute Gasteiger partial charge is 0.00930 e. The third-order valence-electron chi connectivity index (χ3n) is 5.30. The lowest BCUT2D eigenvalue weighted by atomic mass is 9.54. The standard InChI is InChI=1S/C21H20/c1-2-10-17(9-1)21(18-11-3-4-12-18,19-13-5-6-14-19)20-15-7-8-16-20/h1-20H. The molecule has 4 aliphatic rings. The van der Waals surface area contributed by atoms with E-state index in [1.165, 1.54) is 0 Å². The molecule has 0 saturated carbocycles. The van der Waals surface area contributed by atoms with Gasteiger partial charge in [0, 0.05) is 29.1 Å². The molecule has 4 rings (SSSR count). The Morgan fingerprint density at radius 3 is 0.714 bits per heavy atom. The summed E-state index contributed by atoms with van der Waals surface area (Å²) in [6.07, 6.45) is 36.6. The summed E-state index contributed by atoms with van der Waals surface area (Å²) in [6, 6.07) is 0. The van der Waals surface area contributed by atoms with Crippen molar-refractivity contribution >= 4 is 0 Å². The lowest BCUT2D eigenvalue weighted by Gasteiger charge is -2.48. The van der Waals surface area contributed by atoms with Crippen LogP contribution in [0, 0.1) is 29.1 Å². The first-order valence-electron chi connectivity index (χ1n) is 7.82. The van der Waals surface area contributed by atoms with Crippen LogP contribution in [0.25, 0.3) is 0 Å². The van der Waals surface area contributed by atoms with Gasteiger partial charge in [-0.05, 0) is 0 Å². The molecule has 4 aliphatic carbocycles. The van der Waals surface area contributed by atoms with Gasteiger partial charge in [-0.1, -0.05) is 97.2 Å². The third kappa shape index (κ3) is 1.82. The fourth-order valence-electron chi connectivity index (χ4n) is 4.39. The van der Waals surface area contributed by atoms with Gasteiger partial charge in [0.2, 0.25) is 0 Å². The van der Waals surface area contributed by atoms with Crippen LogP contribution >= 0.6 is 0 Å². The Morgan fingerprint density at radius 1 is 0.333 bits per heavy atom. The number of hydrogen-bond acceptors (Lipinski definition) is 0. The molecular weight excluding hydrogens is 252 g/mol. The van der Waals surface area contributed by atoms with Crippen LogP contribution in [0.3, 0.4) is 0 Å². The second kappa shape index (κ2) is 5.04. The molecule has 0 saturated heterocycles. The van der Waals surface area contributed by atoms with Gasteiger partial charge in [-0.3, -0.25) is 0 Å². The summed E-state index contributed by atoms with van der Waals surface area (Å²) < 4.78 is 0. The highest BCUT2D eigenvalue weighted by Gasteiger charge is 2.51. The minimum Gasteiger partial charge on any atom is -0.0770 e. The molecule has 0 aliphatic heterocycles. The maximum Gasteiger partial charge on any atom is 0.00930 e. The zero-order valence-electron chi connectivity index (χ0n) is 12.0. The molecule has 0 N–H and O–H groups in total. The average molecular weight is 272 g/mol. The summed E-state index contributed by atoms with van der Waals surface area (Å²) in [7, 11) is 0. The second-order valence-electron chi connectivity index (χ2n) is 6.18. The first-order valence-corrected chi connectivity index (χ1v) is 7.82. The van der Waals surface area contributed by atoms with E-state index >= 15 is 0 Å². The Bertz CT molecular complexity index is 480. The zero-order valence-corrected chi connectivity index (χ0v) is 12.0. The Hall–Kier alpha value is -2.08. The molecule has 0 aromatic carbocycles. The fourth-order valence-corrected chi connectivity index (χ4v) is 4.39. The van der Waals surface area contributed by atoms with Crippen molar-refractivity contribution < 1.29 is 0 Å². The van der Waals surface area contributed by atoms with Crippen molar-refractivity contribution in [3.05, 3.63) is 97.2 Å². The zero-order chi connectivity index (χ0) is 14.1. The molecule has 0 aromatic heterocycles. The van der Waals surface area contributed by atoms with Gasteiger partial charge in [0.25, 0.3) is 0 Å². The van der Waals surface area contributed by atoms with Gasteiger partial charge in [0.15, 0.2) is 0 Å². The van der Waals surface area contributed by atoms with Gasteiger partial charge >= 0.3 is 0 Å². The van der Waals surface area contributed by atoms with Gasteiger partial charge in [-0.15, -0.1) is 0 Å². The Balaban J connectivity index is 1.88. The van der Waals surface area contributed by atoms with Gasteiger partial charge in [0.05, 0.1) is 0 Å². The van der Waals surface area contributed by atoms with Crippen molar-refractivity contribution in [1.82, 2.24) is 0 Å². The predicted octanol–water partition coefficient (Wildman–Crippen LogP) is 4.94. The van der Waals surface area contributed by atoms with Gasteiger partial charge in [0.1, 0.15) is 0 Å². The monoisotopic (exact) mass is 272 g/mol. The maximum atomic E-state index is 2.38. The normalized spacial score (nSPS) is 24.8. The van der Waals surface area contributed by atoms with Crippen LogP contribution in [0.2, 0.25) is 0 Å². The Kier molecular flexibility index (Phi) is 3.03. The summed E-state index contributed by atoms with van der Waals surface area (Å²) >= 11 is 0. The predicted molar refractivity (Wildman–Crippen MR) is 89.5 cm³/mol.